The first-order chi connectivity index (χ1) is 14.2. The minimum atomic E-state index is 0.679. The van der Waals surface area contributed by atoms with Crippen LogP contribution in [0.5, 0.6) is 5.75 Å². The molecule has 3 aromatic rings. The molecule has 0 unspecified atom stereocenters. The van der Waals surface area contributed by atoms with Gasteiger partial charge in [0.25, 0.3) is 0 Å². The van der Waals surface area contributed by atoms with Gasteiger partial charge in [0.15, 0.2) is 0 Å². The fourth-order valence-electron chi connectivity index (χ4n) is 3.92. The van der Waals surface area contributed by atoms with E-state index in [1.807, 2.05) is 48.2 Å². The molecule has 2 aromatic carbocycles. The number of nitrogen functional groups attached to an aromatic ring is 1. The highest BCUT2D eigenvalue weighted by molar-refractivity contribution is 7.99. The first kappa shape index (κ1) is 19.7. The van der Waals surface area contributed by atoms with E-state index in [1.54, 1.807) is 0 Å². The second-order valence-corrected chi connectivity index (χ2v) is 8.41. The molecule has 1 aliphatic heterocycles. The summed E-state index contributed by atoms with van der Waals surface area (Å²) in [6, 6.07) is 16.2. The summed E-state index contributed by atoms with van der Waals surface area (Å²) in [6.45, 7) is 6.78. The smallest absolute Gasteiger partial charge is 0.121 e. The van der Waals surface area contributed by atoms with E-state index in [0.29, 0.717) is 12.2 Å². The maximum Gasteiger partial charge on any atom is 0.121 e. The third-order valence-corrected chi connectivity index (χ3v) is 6.37. The van der Waals surface area contributed by atoms with Gasteiger partial charge in [-0.05, 0) is 36.8 Å². The van der Waals surface area contributed by atoms with E-state index < -0.39 is 0 Å². The number of rotatable bonds is 6. The van der Waals surface area contributed by atoms with Crippen molar-refractivity contribution in [2.75, 3.05) is 43.5 Å². The van der Waals surface area contributed by atoms with Crippen molar-refractivity contribution in [1.29, 1.82) is 5.26 Å². The van der Waals surface area contributed by atoms with Gasteiger partial charge in [-0.1, -0.05) is 12.1 Å². The SMILES string of the molecule is CCn1c(-c2ccc(N)cc2)c(C#N)c2ccc(OCCN3CCSCC3)cc21. The summed E-state index contributed by atoms with van der Waals surface area (Å²) in [7, 11) is 0. The Morgan fingerprint density at radius 3 is 2.59 bits per heavy atom. The molecule has 2 heterocycles. The zero-order chi connectivity index (χ0) is 20.2. The van der Waals surface area contributed by atoms with Crippen LogP contribution < -0.4 is 10.5 Å². The number of aromatic nitrogens is 1. The van der Waals surface area contributed by atoms with Crippen LogP contribution in [0.1, 0.15) is 12.5 Å². The Bertz CT molecular complexity index is 1030. The summed E-state index contributed by atoms with van der Waals surface area (Å²) in [4.78, 5) is 2.46. The number of fused-ring (bicyclic) bond motifs is 1. The van der Waals surface area contributed by atoms with Gasteiger partial charge in [0.1, 0.15) is 18.4 Å². The van der Waals surface area contributed by atoms with E-state index in [9.17, 15) is 5.26 Å². The molecule has 150 valence electrons. The number of anilines is 1. The largest absolute Gasteiger partial charge is 0.492 e. The van der Waals surface area contributed by atoms with Crippen LogP contribution in [0.2, 0.25) is 0 Å². The molecule has 1 aromatic heterocycles. The van der Waals surface area contributed by atoms with Gasteiger partial charge in [-0.2, -0.15) is 17.0 Å². The van der Waals surface area contributed by atoms with Crippen LogP contribution in [0.15, 0.2) is 42.5 Å². The number of nitrogens with zero attached hydrogens (tertiary/aromatic N) is 3. The first-order valence-corrected chi connectivity index (χ1v) is 11.2. The monoisotopic (exact) mass is 406 g/mol. The van der Waals surface area contributed by atoms with E-state index in [-0.39, 0.29) is 0 Å². The van der Waals surface area contributed by atoms with Gasteiger partial charge in [0.2, 0.25) is 0 Å². The molecule has 0 atom stereocenters. The Balaban J connectivity index is 1.63. The zero-order valence-electron chi connectivity index (χ0n) is 16.7. The van der Waals surface area contributed by atoms with Gasteiger partial charge < -0.3 is 15.0 Å². The third-order valence-electron chi connectivity index (χ3n) is 5.43. The average molecular weight is 407 g/mol. The lowest BCUT2D eigenvalue weighted by Gasteiger charge is -2.25. The van der Waals surface area contributed by atoms with Crippen LogP contribution in [0, 0.1) is 11.3 Å². The van der Waals surface area contributed by atoms with Gasteiger partial charge in [-0.25, -0.2) is 0 Å². The van der Waals surface area contributed by atoms with Crippen LogP contribution in [0.4, 0.5) is 5.69 Å². The predicted octanol–water partition coefficient (Wildman–Crippen LogP) is 4.21. The van der Waals surface area contributed by atoms with Crippen molar-refractivity contribution in [3.63, 3.8) is 0 Å². The van der Waals surface area contributed by atoms with Gasteiger partial charge in [-0.3, -0.25) is 4.90 Å². The van der Waals surface area contributed by atoms with Crippen LogP contribution in [0.25, 0.3) is 22.2 Å². The number of nitrogens with two attached hydrogens (primary N) is 1. The predicted molar refractivity (Wildman–Crippen MR) is 121 cm³/mol. The second-order valence-electron chi connectivity index (χ2n) is 7.18. The molecular weight excluding hydrogens is 380 g/mol. The van der Waals surface area contributed by atoms with Crippen molar-refractivity contribution < 1.29 is 4.74 Å². The maximum absolute atomic E-state index is 9.87. The molecule has 1 saturated heterocycles. The summed E-state index contributed by atoms with van der Waals surface area (Å²) in [5.74, 6) is 3.27. The Labute approximate surface area is 176 Å². The Morgan fingerprint density at radius 1 is 1.14 bits per heavy atom. The summed E-state index contributed by atoms with van der Waals surface area (Å²) in [5, 5.41) is 10.8. The van der Waals surface area contributed by atoms with Crippen molar-refractivity contribution in [2.24, 2.45) is 0 Å². The molecule has 0 saturated carbocycles. The van der Waals surface area contributed by atoms with Gasteiger partial charge in [0.05, 0.1) is 16.8 Å². The topological polar surface area (TPSA) is 67.2 Å². The Hall–Kier alpha value is -2.62. The van der Waals surface area contributed by atoms with E-state index >= 15 is 0 Å². The van der Waals surface area contributed by atoms with Gasteiger partial charge in [-0.15, -0.1) is 0 Å². The molecule has 4 rings (SSSR count). The van der Waals surface area contributed by atoms with Crippen molar-refractivity contribution in [3.05, 3.63) is 48.0 Å². The highest BCUT2D eigenvalue weighted by Gasteiger charge is 2.18. The van der Waals surface area contributed by atoms with E-state index in [0.717, 1.165) is 59.8 Å². The van der Waals surface area contributed by atoms with E-state index in [4.69, 9.17) is 10.5 Å². The number of ether oxygens (including phenoxy) is 1. The standard InChI is InChI=1S/C23H26N4OS/c1-2-27-22-15-19(28-12-9-26-10-13-29-14-11-26)7-8-20(22)21(16-24)23(27)17-3-5-18(25)6-4-17/h3-8,15H,2,9-14,25H2,1H3. The Morgan fingerprint density at radius 2 is 1.90 bits per heavy atom. The quantitative estimate of drug-likeness (QED) is 0.621. The van der Waals surface area contributed by atoms with Gasteiger partial charge >= 0.3 is 0 Å². The minimum absolute atomic E-state index is 0.679. The number of aryl methyl sites for hydroxylation is 1. The van der Waals surface area contributed by atoms with Crippen molar-refractivity contribution in [3.8, 4) is 23.1 Å². The van der Waals surface area contributed by atoms with E-state index in [2.05, 4.69) is 28.5 Å². The number of nitriles is 1. The molecule has 6 heteroatoms. The number of hydrogen-bond donors (Lipinski definition) is 1. The molecule has 0 bridgehead atoms. The molecule has 0 aliphatic carbocycles. The molecule has 1 aliphatic rings. The molecule has 29 heavy (non-hydrogen) atoms. The highest BCUT2D eigenvalue weighted by atomic mass is 32.2. The molecule has 5 nitrogen and oxygen atoms in total. The first-order valence-electron chi connectivity index (χ1n) is 10.1. The molecule has 0 radical (unpaired) electrons. The molecule has 2 N–H and O–H groups in total. The van der Waals surface area contributed by atoms with Crippen LogP contribution in [-0.4, -0.2) is 47.2 Å². The fraction of sp³-hybridized carbons (Fsp3) is 0.348. The fourth-order valence-corrected chi connectivity index (χ4v) is 4.90. The lowest BCUT2D eigenvalue weighted by Crippen LogP contribution is -2.35. The number of benzene rings is 2. The summed E-state index contributed by atoms with van der Waals surface area (Å²) < 4.78 is 8.25. The summed E-state index contributed by atoms with van der Waals surface area (Å²) >= 11 is 2.02. The molecule has 1 fully saturated rings. The molecule has 0 spiro atoms. The second kappa shape index (κ2) is 8.81. The highest BCUT2D eigenvalue weighted by Crippen LogP contribution is 2.35. The number of thioether (sulfide) groups is 1. The lowest BCUT2D eigenvalue weighted by molar-refractivity contribution is 0.222. The normalized spacial score (nSPS) is 14.8. The van der Waals surface area contributed by atoms with E-state index in [1.165, 1.54) is 11.5 Å². The lowest BCUT2D eigenvalue weighted by atomic mass is 10.1. The maximum atomic E-state index is 9.87. The summed E-state index contributed by atoms with van der Waals surface area (Å²) in [5.41, 5.74) is 10.2. The van der Waals surface area contributed by atoms with Crippen molar-refractivity contribution >= 4 is 28.4 Å². The zero-order valence-corrected chi connectivity index (χ0v) is 17.5. The average Bonchev–Trinajstić information content (AvgIpc) is 3.07. The van der Waals surface area contributed by atoms with Crippen LogP contribution >= 0.6 is 11.8 Å². The van der Waals surface area contributed by atoms with Crippen LogP contribution in [-0.2, 0) is 6.54 Å². The van der Waals surface area contributed by atoms with Crippen molar-refractivity contribution in [1.82, 2.24) is 9.47 Å². The third kappa shape index (κ3) is 4.07. The minimum Gasteiger partial charge on any atom is -0.492 e. The van der Waals surface area contributed by atoms with Gasteiger partial charge in [0, 0.05) is 54.8 Å². The molecule has 0 amide bonds. The number of hydrogen-bond acceptors (Lipinski definition) is 5. The Kier molecular flexibility index (Phi) is 5.98. The van der Waals surface area contributed by atoms with Crippen LogP contribution in [0.3, 0.4) is 0 Å². The molecular formula is C23H26N4OS. The summed E-state index contributed by atoms with van der Waals surface area (Å²) in [6.07, 6.45) is 0. The van der Waals surface area contributed by atoms with Crippen molar-refractivity contribution in [2.45, 2.75) is 13.5 Å².